The molecule has 36 heavy (non-hydrogen) atoms. The monoisotopic (exact) mass is 479 g/mol. The fourth-order valence-electron chi connectivity index (χ4n) is 3.56. The van der Waals surface area contributed by atoms with Gasteiger partial charge in [-0.2, -0.15) is 5.26 Å². The Morgan fingerprint density at radius 2 is 1.22 bits per heavy atom. The van der Waals surface area contributed by atoms with Crippen LogP contribution in [0.1, 0.15) is 49.6 Å². The number of hydrogen-bond acceptors (Lipinski definition) is 6. The van der Waals surface area contributed by atoms with Crippen LogP contribution in [0, 0.1) is 39.0 Å². The summed E-state index contributed by atoms with van der Waals surface area (Å²) < 4.78 is 11.3. The average molecular weight is 480 g/mol. The second-order valence-electron chi connectivity index (χ2n) is 8.34. The number of aromatic nitrogens is 2. The summed E-state index contributed by atoms with van der Waals surface area (Å²) in [5.74, 6) is 0.824. The molecule has 2 aromatic carbocycles. The maximum atomic E-state index is 11.1. The number of rotatable bonds is 7. The van der Waals surface area contributed by atoms with E-state index in [-0.39, 0.29) is 0 Å². The number of nitrogens with zero attached hydrogens (tertiary/aromatic N) is 3. The summed E-state index contributed by atoms with van der Waals surface area (Å²) in [6, 6.07) is 25.5. The van der Waals surface area contributed by atoms with Gasteiger partial charge in [0.15, 0.2) is 6.29 Å². The lowest BCUT2D eigenvalue weighted by molar-refractivity contribution is 0.111. The van der Waals surface area contributed by atoms with Gasteiger partial charge in [-0.3, -0.25) is 4.79 Å². The molecule has 0 N–H and O–H groups in total. The highest BCUT2D eigenvalue weighted by Crippen LogP contribution is 2.21. The third kappa shape index (κ3) is 7.25. The van der Waals surface area contributed by atoms with Crippen LogP contribution in [0.2, 0.25) is 0 Å². The molecule has 0 atom stereocenters. The lowest BCUT2D eigenvalue weighted by Gasteiger charge is -2.10. The van der Waals surface area contributed by atoms with Crippen molar-refractivity contribution < 1.29 is 14.3 Å². The molecule has 0 unspecified atom stereocenters. The van der Waals surface area contributed by atoms with E-state index < -0.39 is 0 Å². The molecule has 0 aliphatic carbocycles. The largest absolute Gasteiger partial charge is 0.472 e. The Labute approximate surface area is 212 Å². The smallest absolute Gasteiger partial charge is 0.232 e. The Morgan fingerprint density at radius 1 is 0.750 bits per heavy atom. The van der Waals surface area contributed by atoms with Gasteiger partial charge >= 0.3 is 0 Å². The minimum Gasteiger partial charge on any atom is -0.472 e. The van der Waals surface area contributed by atoms with Crippen molar-refractivity contribution in [2.75, 3.05) is 0 Å². The zero-order valence-corrected chi connectivity index (χ0v) is 21.0. The molecule has 0 fully saturated rings. The third-order valence-corrected chi connectivity index (χ3v) is 5.34. The van der Waals surface area contributed by atoms with Gasteiger partial charge in [-0.15, -0.1) is 0 Å². The quantitative estimate of drug-likeness (QED) is 0.292. The fraction of sp³-hybridized carbons (Fsp3) is 0.200. The third-order valence-electron chi connectivity index (χ3n) is 5.34. The number of aryl methyl sites for hydroxylation is 4. The first-order chi connectivity index (χ1) is 17.4. The predicted octanol–water partition coefficient (Wildman–Crippen LogP) is 6.24. The van der Waals surface area contributed by atoms with Crippen LogP contribution in [-0.4, -0.2) is 16.3 Å². The first-order valence-corrected chi connectivity index (χ1v) is 11.6. The molecule has 0 saturated carbocycles. The molecule has 0 spiro atoms. The molecule has 0 aliphatic heterocycles. The summed E-state index contributed by atoms with van der Waals surface area (Å²) >= 11 is 0. The molecule has 182 valence electrons. The van der Waals surface area contributed by atoms with Crippen LogP contribution < -0.4 is 9.47 Å². The molecule has 0 radical (unpaired) electrons. The van der Waals surface area contributed by atoms with Crippen molar-refractivity contribution in [3.63, 3.8) is 0 Å². The van der Waals surface area contributed by atoms with Crippen LogP contribution in [0.3, 0.4) is 0 Å². The molecule has 0 bridgehead atoms. The van der Waals surface area contributed by atoms with Gasteiger partial charge in [0.25, 0.3) is 0 Å². The van der Waals surface area contributed by atoms with Crippen molar-refractivity contribution in [3.8, 4) is 17.8 Å². The maximum absolute atomic E-state index is 11.1. The van der Waals surface area contributed by atoms with E-state index in [9.17, 15) is 4.79 Å². The highest BCUT2D eigenvalue weighted by Gasteiger charge is 2.10. The number of hydrogen-bond donors (Lipinski definition) is 0. The Hall–Kier alpha value is -4.50. The summed E-state index contributed by atoms with van der Waals surface area (Å²) in [7, 11) is 0. The summed E-state index contributed by atoms with van der Waals surface area (Å²) in [5.41, 5.74) is 6.63. The minimum absolute atomic E-state index is 0.409. The van der Waals surface area contributed by atoms with Gasteiger partial charge in [0.05, 0.1) is 5.56 Å². The second-order valence-corrected chi connectivity index (χ2v) is 8.34. The summed E-state index contributed by atoms with van der Waals surface area (Å²) in [5, 5.41) is 9.12. The van der Waals surface area contributed by atoms with E-state index in [0.717, 1.165) is 39.9 Å². The molecule has 0 amide bonds. The zero-order valence-electron chi connectivity index (χ0n) is 21.0. The minimum atomic E-state index is 0.409. The Balaban J connectivity index is 0.000000201. The summed E-state index contributed by atoms with van der Waals surface area (Å²) in [4.78, 5) is 19.6. The Bertz CT molecular complexity index is 1350. The molecule has 2 heterocycles. The molecule has 4 rings (SSSR count). The van der Waals surface area contributed by atoms with E-state index in [1.807, 2.05) is 100 Å². The topological polar surface area (TPSA) is 85.1 Å². The van der Waals surface area contributed by atoms with E-state index in [2.05, 4.69) is 16.0 Å². The number of nitriles is 1. The number of ether oxygens (including phenoxy) is 2. The first-order valence-electron chi connectivity index (χ1n) is 11.6. The first kappa shape index (κ1) is 26.1. The molecule has 6 nitrogen and oxygen atoms in total. The standard InChI is InChI=1S/C15H14N2O.C15H15NO2/c1-11-8-12(2)17-15(14(11)9-16)18-10-13-6-4-3-5-7-13;1-11-8-12(2)16-15(14(11)9-17)18-10-13-6-4-3-5-7-13/h3-8H,10H2,1-2H3;3-9H,10H2,1-2H3. The Morgan fingerprint density at radius 3 is 1.72 bits per heavy atom. The molecular weight excluding hydrogens is 450 g/mol. The summed E-state index contributed by atoms with van der Waals surface area (Å²) in [6.07, 6.45) is 0.794. The van der Waals surface area contributed by atoms with Gasteiger partial charge in [0.2, 0.25) is 11.8 Å². The van der Waals surface area contributed by atoms with Gasteiger partial charge in [-0.25, -0.2) is 9.97 Å². The molecular formula is C30H29N3O3. The van der Waals surface area contributed by atoms with Crippen LogP contribution in [0.15, 0.2) is 72.8 Å². The lowest BCUT2D eigenvalue weighted by Crippen LogP contribution is -2.03. The van der Waals surface area contributed by atoms with E-state index in [4.69, 9.17) is 14.7 Å². The van der Waals surface area contributed by atoms with Crippen LogP contribution in [-0.2, 0) is 13.2 Å². The van der Waals surface area contributed by atoms with Crippen LogP contribution in [0.5, 0.6) is 11.8 Å². The van der Waals surface area contributed by atoms with Crippen LogP contribution in [0.25, 0.3) is 0 Å². The zero-order chi connectivity index (χ0) is 25.9. The Kier molecular flexibility index (Phi) is 9.30. The number of aldehydes is 1. The lowest BCUT2D eigenvalue weighted by atomic mass is 10.1. The van der Waals surface area contributed by atoms with Gasteiger partial charge in [-0.1, -0.05) is 60.7 Å². The molecule has 6 heteroatoms. The van der Waals surface area contributed by atoms with E-state index >= 15 is 0 Å². The molecule has 4 aromatic rings. The van der Waals surface area contributed by atoms with Crippen molar-refractivity contribution in [2.24, 2.45) is 0 Å². The van der Waals surface area contributed by atoms with Gasteiger partial charge in [-0.05, 0) is 62.1 Å². The van der Waals surface area contributed by atoms with Crippen molar-refractivity contribution in [2.45, 2.75) is 40.9 Å². The van der Waals surface area contributed by atoms with Gasteiger partial charge in [0.1, 0.15) is 24.8 Å². The van der Waals surface area contributed by atoms with Crippen LogP contribution in [0.4, 0.5) is 0 Å². The number of benzene rings is 2. The highest BCUT2D eigenvalue weighted by molar-refractivity contribution is 5.80. The van der Waals surface area contributed by atoms with Crippen molar-refractivity contribution in [1.82, 2.24) is 9.97 Å². The average Bonchev–Trinajstić information content (AvgIpc) is 2.87. The van der Waals surface area contributed by atoms with Crippen molar-refractivity contribution >= 4 is 6.29 Å². The second kappa shape index (κ2) is 12.8. The molecule has 0 saturated heterocycles. The summed E-state index contributed by atoms with van der Waals surface area (Å²) in [6.45, 7) is 8.39. The molecule has 0 aliphatic rings. The van der Waals surface area contributed by atoms with Crippen molar-refractivity contribution in [3.05, 3.63) is 118 Å². The highest BCUT2D eigenvalue weighted by atomic mass is 16.5. The number of carbonyl (C=O) groups is 1. The van der Waals surface area contributed by atoms with Gasteiger partial charge < -0.3 is 9.47 Å². The van der Waals surface area contributed by atoms with Gasteiger partial charge in [0, 0.05) is 11.4 Å². The van der Waals surface area contributed by atoms with Crippen LogP contribution >= 0.6 is 0 Å². The molecule has 2 aromatic heterocycles. The SMILES string of the molecule is Cc1cc(C)c(C#N)c(OCc2ccccc2)n1.Cc1cc(C)c(C=O)c(OCc2ccccc2)n1. The predicted molar refractivity (Wildman–Crippen MR) is 139 cm³/mol. The van der Waals surface area contributed by atoms with Crippen molar-refractivity contribution in [1.29, 1.82) is 5.26 Å². The van der Waals surface area contributed by atoms with E-state index in [1.54, 1.807) is 0 Å². The van der Waals surface area contributed by atoms with E-state index in [1.165, 1.54) is 0 Å². The maximum Gasteiger partial charge on any atom is 0.232 e. The number of pyridine rings is 2. The normalized spacial score (nSPS) is 9.97. The van der Waals surface area contributed by atoms with E-state index in [0.29, 0.717) is 36.1 Å². The number of carbonyl (C=O) groups excluding carboxylic acids is 1. The fourth-order valence-corrected chi connectivity index (χ4v) is 3.56.